The molecule has 0 aromatic heterocycles. The number of carbonyl (C=O) groups is 2. The zero-order valence-corrected chi connectivity index (χ0v) is 14.4. The first kappa shape index (κ1) is 17.6. The molecule has 1 amide bonds. The fourth-order valence-electron chi connectivity index (χ4n) is 3.16. The van der Waals surface area contributed by atoms with Gasteiger partial charge in [0.25, 0.3) is 0 Å². The Morgan fingerprint density at radius 2 is 1.91 bits per heavy atom. The summed E-state index contributed by atoms with van der Waals surface area (Å²) in [5.74, 6) is 1.98. The molecule has 2 heterocycles. The van der Waals surface area contributed by atoms with Crippen molar-refractivity contribution in [1.29, 1.82) is 0 Å². The van der Waals surface area contributed by atoms with E-state index in [0.717, 1.165) is 44.1 Å². The Morgan fingerprint density at radius 3 is 2.64 bits per heavy atom. The summed E-state index contributed by atoms with van der Waals surface area (Å²) in [6, 6.07) is 0.292. The van der Waals surface area contributed by atoms with Gasteiger partial charge in [0, 0.05) is 25.3 Å². The maximum Gasteiger partial charge on any atom is 0.306 e. The van der Waals surface area contributed by atoms with Crippen LogP contribution < -0.4 is 0 Å². The highest BCUT2D eigenvalue weighted by Gasteiger charge is 2.28. The Morgan fingerprint density at radius 1 is 1.14 bits per heavy atom. The summed E-state index contributed by atoms with van der Waals surface area (Å²) in [5.41, 5.74) is 0. The summed E-state index contributed by atoms with van der Waals surface area (Å²) in [5, 5.41) is 0. The molecule has 0 aliphatic carbocycles. The standard InChI is InChI=1S/C16H28N2O3S/c1-2-21-16(20)7-6-15(19)18-10-5-11-22-13-14(18)12-17-8-3-4-9-17/h14H,2-13H2,1H3/t14-/m1/s1. The molecule has 1 atom stereocenters. The van der Waals surface area contributed by atoms with Crippen molar-refractivity contribution < 1.29 is 14.3 Å². The summed E-state index contributed by atoms with van der Waals surface area (Å²) in [4.78, 5) is 28.5. The zero-order chi connectivity index (χ0) is 15.8. The summed E-state index contributed by atoms with van der Waals surface area (Å²) >= 11 is 1.95. The van der Waals surface area contributed by atoms with E-state index >= 15 is 0 Å². The van der Waals surface area contributed by atoms with Crippen molar-refractivity contribution in [1.82, 2.24) is 9.80 Å². The van der Waals surface area contributed by atoms with Crippen LogP contribution in [0, 0.1) is 0 Å². The average Bonchev–Trinajstić information content (AvgIpc) is 2.90. The first-order valence-electron chi connectivity index (χ1n) is 8.46. The molecule has 2 rings (SSSR count). The summed E-state index contributed by atoms with van der Waals surface area (Å²) in [6.45, 7) is 6.30. The van der Waals surface area contributed by atoms with E-state index in [1.807, 2.05) is 16.7 Å². The van der Waals surface area contributed by atoms with E-state index in [-0.39, 0.29) is 24.7 Å². The van der Waals surface area contributed by atoms with Gasteiger partial charge in [0.1, 0.15) is 0 Å². The van der Waals surface area contributed by atoms with Crippen LogP contribution in [0.5, 0.6) is 0 Å². The van der Waals surface area contributed by atoms with Crippen molar-refractivity contribution >= 4 is 23.6 Å². The highest BCUT2D eigenvalue weighted by atomic mass is 32.2. The minimum Gasteiger partial charge on any atom is -0.466 e. The first-order chi connectivity index (χ1) is 10.7. The van der Waals surface area contributed by atoms with Crippen LogP contribution in [0.15, 0.2) is 0 Å². The van der Waals surface area contributed by atoms with Crippen LogP contribution in [0.2, 0.25) is 0 Å². The second-order valence-corrected chi connectivity index (χ2v) is 7.13. The van der Waals surface area contributed by atoms with Crippen molar-refractivity contribution in [2.45, 2.75) is 45.1 Å². The molecule has 2 fully saturated rings. The molecule has 2 aliphatic heterocycles. The number of amides is 1. The van der Waals surface area contributed by atoms with Crippen LogP contribution in [0.1, 0.15) is 39.0 Å². The summed E-state index contributed by atoms with van der Waals surface area (Å²) in [6.07, 6.45) is 4.08. The molecule has 2 saturated heterocycles. The van der Waals surface area contributed by atoms with Gasteiger partial charge in [-0.3, -0.25) is 9.59 Å². The predicted molar refractivity (Wildman–Crippen MR) is 89.0 cm³/mol. The van der Waals surface area contributed by atoms with Gasteiger partial charge in [0.05, 0.1) is 19.1 Å². The molecular formula is C16H28N2O3S. The van der Waals surface area contributed by atoms with E-state index < -0.39 is 0 Å². The maximum absolute atomic E-state index is 12.5. The molecule has 22 heavy (non-hydrogen) atoms. The lowest BCUT2D eigenvalue weighted by Crippen LogP contribution is -2.47. The monoisotopic (exact) mass is 328 g/mol. The first-order valence-corrected chi connectivity index (χ1v) is 9.61. The molecular weight excluding hydrogens is 300 g/mol. The molecule has 6 heteroatoms. The normalized spacial score (nSPS) is 23.3. The number of carbonyl (C=O) groups excluding carboxylic acids is 2. The minimum atomic E-state index is -0.267. The van der Waals surface area contributed by atoms with Gasteiger partial charge in [-0.15, -0.1) is 0 Å². The van der Waals surface area contributed by atoms with Gasteiger partial charge in [-0.05, 0) is 45.0 Å². The highest BCUT2D eigenvalue weighted by molar-refractivity contribution is 7.99. The largest absolute Gasteiger partial charge is 0.466 e. The van der Waals surface area contributed by atoms with Crippen molar-refractivity contribution in [2.24, 2.45) is 0 Å². The van der Waals surface area contributed by atoms with Gasteiger partial charge < -0.3 is 14.5 Å². The van der Waals surface area contributed by atoms with Crippen molar-refractivity contribution in [2.75, 3.05) is 44.3 Å². The summed E-state index contributed by atoms with van der Waals surface area (Å²) in [7, 11) is 0. The Kier molecular flexibility index (Phi) is 7.52. The predicted octanol–water partition coefficient (Wildman–Crippen LogP) is 1.76. The van der Waals surface area contributed by atoms with Gasteiger partial charge >= 0.3 is 5.97 Å². The molecule has 0 unspecified atom stereocenters. The molecule has 0 N–H and O–H groups in total. The smallest absolute Gasteiger partial charge is 0.306 e. The lowest BCUT2D eigenvalue weighted by Gasteiger charge is -2.32. The van der Waals surface area contributed by atoms with Gasteiger partial charge in [-0.25, -0.2) is 0 Å². The third kappa shape index (κ3) is 5.47. The van der Waals surface area contributed by atoms with Crippen LogP contribution in [-0.4, -0.2) is 72.0 Å². The number of ether oxygens (including phenoxy) is 1. The van der Waals surface area contributed by atoms with E-state index in [2.05, 4.69) is 4.90 Å². The molecule has 0 aromatic rings. The lowest BCUT2D eigenvalue weighted by atomic mass is 10.2. The van der Waals surface area contributed by atoms with Crippen molar-refractivity contribution in [3.05, 3.63) is 0 Å². The molecule has 126 valence electrons. The SMILES string of the molecule is CCOC(=O)CCC(=O)N1CCCSC[C@H]1CN1CCCC1. The highest BCUT2D eigenvalue weighted by Crippen LogP contribution is 2.20. The van der Waals surface area contributed by atoms with Crippen molar-refractivity contribution in [3.8, 4) is 0 Å². The van der Waals surface area contributed by atoms with Crippen LogP contribution >= 0.6 is 11.8 Å². The number of hydrogen-bond donors (Lipinski definition) is 0. The van der Waals surface area contributed by atoms with Gasteiger partial charge in [0.15, 0.2) is 0 Å². The third-order valence-corrected chi connectivity index (χ3v) is 5.47. The van der Waals surface area contributed by atoms with E-state index in [1.54, 1.807) is 6.92 Å². The number of esters is 1. The molecule has 0 aromatic carbocycles. The van der Waals surface area contributed by atoms with E-state index in [9.17, 15) is 9.59 Å². The second-order valence-electron chi connectivity index (χ2n) is 5.98. The number of likely N-dealkylation sites (tertiary alicyclic amines) is 1. The number of hydrogen-bond acceptors (Lipinski definition) is 5. The molecule has 0 spiro atoms. The topological polar surface area (TPSA) is 49.9 Å². The quantitative estimate of drug-likeness (QED) is 0.696. The number of thioether (sulfide) groups is 1. The fourth-order valence-corrected chi connectivity index (χ4v) is 4.21. The van der Waals surface area contributed by atoms with Crippen molar-refractivity contribution in [3.63, 3.8) is 0 Å². The zero-order valence-electron chi connectivity index (χ0n) is 13.6. The molecule has 2 aliphatic rings. The second kappa shape index (κ2) is 9.40. The average molecular weight is 328 g/mol. The van der Waals surface area contributed by atoms with Crippen LogP contribution in [0.25, 0.3) is 0 Å². The van der Waals surface area contributed by atoms with Crippen LogP contribution in [0.3, 0.4) is 0 Å². The molecule has 5 nitrogen and oxygen atoms in total. The maximum atomic E-state index is 12.5. The lowest BCUT2D eigenvalue weighted by molar-refractivity contribution is -0.146. The van der Waals surface area contributed by atoms with Crippen LogP contribution in [0.4, 0.5) is 0 Å². The molecule has 0 bridgehead atoms. The molecule has 0 saturated carbocycles. The minimum absolute atomic E-state index is 0.111. The van der Waals surface area contributed by atoms with E-state index in [1.165, 1.54) is 12.8 Å². The third-order valence-electron chi connectivity index (χ3n) is 4.27. The Bertz CT molecular complexity index is 372. The van der Waals surface area contributed by atoms with E-state index in [0.29, 0.717) is 12.6 Å². The van der Waals surface area contributed by atoms with Crippen LogP contribution in [-0.2, 0) is 14.3 Å². The summed E-state index contributed by atoms with van der Waals surface area (Å²) < 4.78 is 4.92. The van der Waals surface area contributed by atoms with Gasteiger partial charge in [-0.2, -0.15) is 11.8 Å². The number of rotatable bonds is 6. The Balaban J connectivity index is 1.87. The fraction of sp³-hybridized carbons (Fsp3) is 0.875. The Labute approximate surface area is 137 Å². The van der Waals surface area contributed by atoms with E-state index in [4.69, 9.17) is 4.74 Å². The Hall–Kier alpha value is -0.750. The molecule has 0 radical (unpaired) electrons. The number of nitrogens with zero attached hydrogens (tertiary/aromatic N) is 2. The van der Waals surface area contributed by atoms with Gasteiger partial charge in [-0.1, -0.05) is 0 Å². The van der Waals surface area contributed by atoms with Gasteiger partial charge in [0.2, 0.25) is 5.91 Å².